The van der Waals surface area contributed by atoms with E-state index in [0.29, 0.717) is 35.8 Å². The summed E-state index contributed by atoms with van der Waals surface area (Å²) in [6.07, 6.45) is 1.57. The molecule has 0 spiro atoms. The van der Waals surface area contributed by atoms with Crippen LogP contribution in [-0.4, -0.2) is 25.0 Å². The number of anilines is 2. The SMILES string of the molecule is CCCOc1ccccc1N1C(=O)C(c2ccc(F)cc2)=C(N2CCc3ccccc32)C1=O. The monoisotopic (exact) mass is 442 g/mol. The predicted molar refractivity (Wildman–Crippen MR) is 126 cm³/mol. The van der Waals surface area contributed by atoms with Crippen molar-refractivity contribution in [2.45, 2.75) is 19.8 Å². The van der Waals surface area contributed by atoms with E-state index in [2.05, 4.69) is 0 Å². The van der Waals surface area contributed by atoms with E-state index < -0.39 is 17.6 Å². The minimum atomic E-state index is -0.446. The van der Waals surface area contributed by atoms with Gasteiger partial charge in [-0.3, -0.25) is 9.59 Å². The number of rotatable bonds is 6. The smallest absolute Gasteiger partial charge is 0.282 e. The van der Waals surface area contributed by atoms with Crippen LogP contribution in [0.5, 0.6) is 5.75 Å². The summed E-state index contributed by atoms with van der Waals surface area (Å²) < 4.78 is 19.5. The molecule has 0 fully saturated rings. The van der Waals surface area contributed by atoms with Gasteiger partial charge < -0.3 is 9.64 Å². The van der Waals surface area contributed by atoms with Gasteiger partial charge >= 0.3 is 0 Å². The van der Waals surface area contributed by atoms with Crippen LogP contribution in [0.15, 0.2) is 78.5 Å². The highest BCUT2D eigenvalue weighted by atomic mass is 19.1. The summed E-state index contributed by atoms with van der Waals surface area (Å²) in [6.45, 7) is 3.05. The summed E-state index contributed by atoms with van der Waals surface area (Å²) in [5.74, 6) is -0.788. The van der Waals surface area contributed by atoms with Crippen molar-refractivity contribution in [1.82, 2.24) is 0 Å². The van der Waals surface area contributed by atoms with Crippen LogP contribution < -0.4 is 14.5 Å². The highest BCUT2D eigenvalue weighted by molar-refractivity contribution is 6.46. The molecule has 2 aliphatic rings. The summed E-state index contributed by atoms with van der Waals surface area (Å²) in [4.78, 5) is 30.7. The van der Waals surface area contributed by atoms with Gasteiger partial charge in [-0.15, -0.1) is 0 Å². The molecule has 0 N–H and O–H groups in total. The molecular weight excluding hydrogens is 419 g/mol. The lowest BCUT2D eigenvalue weighted by molar-refractivity contribution is -0.120. The fourth-order valence-electron chi connectivity index (χ4n) is 4.41. The first-order chi connectivity index (χ1) is 16.1. The highest BCUT2D eigenvalue weighted by Gasteiger charge is 2.44. The van der Waals surface area contributed by atoms with Crippen molar-refractivity contribution in [3.05, 3.63) is 95.4 Å². The van der Waals surface area contributed by atoms with Gasteiger partial charge in [-0.1, -0.05) is 49.4 Å². The molecule has 0 aliphatic carbocycles. The third-order valence-corrected chi connectivity index (χ3v) is 5.92. The van der Waals surface area contributed by atoms with Crippen LogP contribution in [0.3, 0.4) is 0 Å². The Morgan fingerprint density at radius 2 is 1.58 bits per heavy atom. The van der Waals surface area contributed by atoms with Crippen LogP contribution in [0.2, 0.25) is 0 Å². The zero-order valence-electron chi connectivity index (χ0n) is 18.3. The summed E-state index contributed by atoms with van der Waals surface area (Å²) >= 11 is 0. The van der Waals surface area contributed by atoms with Gasteiger partial charge in [0.2, 0.25) is 0 Å². The van der Waals surface area contributed by atoms with Crippen LogP contribution >= 0.6 is 0 Å². The standard InChI is InChI=1S/C27H23FN2O3/c1-2-17-33-23-10-6-5-9-22(23)30-26(31)24(19-11-13-20(28)14-12-19)25(27(30)32)29-16-15-18-7-3-4-8-21(18)29/h3-14H,2,15-17H2,1H3. The number of halogens is 1. The zero-order chi connectivity index (χ0) is 22.9. The van der Waals surface area contributed by atoms with E-state index in [9.17, 15) is 14.0 Å². The minimum Gasteiger partial charge on any atom is -0.491 e. The Hall–Kier alpha value is -3.93. The van der Waals surface area contributed by atoms with Crippen LogP contribution in [0.25, 0.3) is 5.57 Å². The molecule has 5 nitrogen and oxygen atoms in total. The van der Waals surface area contributed by atoms with E-state index in [4.69, 9.17) is 4.74 Å². The van der Waals surface area contributed by atoms with Crippen molar-refractivity contribution in [2.24, 2.45) is 0 Å². The molecule has 0 saturated heterocycles. The van der Waals surface area contributed by atoms with Crippen LogP contribution in [0.1, 0.15) is 24.5 Å². The number of para-hydroxylation sites is 3. The Morgan fingerprint density at radius 1 is 0.879 bits per heavy atom. The quantitative estimate of drug-likeness (QED) is 0.506. The second-order valence-electron chi connectivity index (χ2n) is 8.02. The molecule has 2 aliphatic heterocycles. The number of ether oxygens (including phenoxy) is 1. The lowest BCUT2D eigenvalue weighted by Crippen LogP contribution is -2.35. The minimum absolute atomic E-state index is 0.266. The molecule has 6 heteroatoms. The number of hydrogen-bond acceptors (Lipinski definition) is 4. The molecule has 166 valence electrons. The third-order valence-electron chi connectivity index (χ3n) is 5.92. The van der Waals surface area contributed by atoms with Crippen LogP contribution in [0.4, 0.5) is 15.8 Å². The third kappa shape index (κ3) is 3.57. The molecule has 3 aromatic carbocycles. The lowest BCUT2D eigenvalue weighted by atomic mass is 10.0. The summed E-state index contributed by atoms with van der Waals surface area (Å²) in [7, 11) is 0. The number of benzene rings is 3. The topological polar surface area (TPSA) is 49.9 Å². The van der Waals surface area contributed by atoms with Crippen molar-refractivity contribution < 1.29 is 18.7 Å². The number of imide groups is 1. The Balaban J connectivity index is 1.65. The van der Waals surface area contributed by atoms with E-state index in [1.807, 2.05) is 42.2 Å². The molecule has 0 atom stereocenters. The fourth-order valence-corrected chi connectivity index (χ4v) is 4.41. The molecule has 0 radical (unpaired) electrons. The van der Waals surface area contributed by atoms with Crippen molar-refractivity contribution in [1.29, 1.82) is 0 Å². The molecule has 0 bridgehead atoms. The largest absolute Gasteiger partial charge is 0.491 e. The van der Waals surface area contributed by atoms with Crippen molar-refractivity contribution in [3.8, 4) is 5.75 Å². The van der Waals surface area contributed by atoms with E-state index in [0.717, 1.165) is 24.1 Å². The van der Waals surface area contributed by atoms with Gasteiger partial charge in [0.1, 0.15) is 17.3 Å². The highest BCUT2D eigenvalue weighted by Crippen LogP contribution is 2.42. The number of amides is 2. The van der Waals surface area contributed by atoms with Gasteiger partial charge in [0.15, 0.2) is 0 Å². The normalized spacial score (nSPS) is 15.5. The number of carbonyl (C=O) groups excluding carboxylic acids is 2. The maximum absolute atomic E-state index is 13.9. The van der Waals surface area contributed by atoms with Crippen molar-refractivity contribution in [2.75, 3.05) is 23.0 Å². The predicted octanol–water partition coefficient (Wildman–Crippen LogP) is 4.96. The average molecular weight is 442 g/mol. The molecule has 2 amide bonds. The molecule has 5 rings (SSSR count). The Morgan fingerprint density at radius 3 is 2.33 bits per heavy atom. The summed E-state index contributed by atoms with van der Waals surface area (Å²) in [5, 5.41) is 0. The maximum atomic E-state index is 13.9. The van der Waals surface area contributed by atoms with Gasteiger partial charge in [0, 0.05) is 12.2 Å². The van der Waals surface area contributed by atoms with Gasteiger partial charge in [0.05, 0.1) is 17.9 Å². The molecule has 0 aromatic heterocycles. The molecule has 0 saturated carbocycles. The van der Waals surface area contributed by atoms with Gasteiger partial charge in [0.25, 0.3) is 11.8 Å². The average Bonchev–Trinajstić information content (AvgIpc) is 3.36. The first kappa shape index (κ1) is 20.9. The fraction of sp³-hybridized carbons (Fsp3) is 0.185. The second kappa shape index (κ2) is 8.54. The first-order valence-electron chi connectivity index (χ1n) is 11.1. The van der Waals surface area contributed by atoms with Crippen LogP contribution in [-0.2, 0) is 16.0 Å². The van der Waals surface area contributed by atoms with E-state index in [-0.39, 0.29) is 5.57 Å². The Kier molecular flexibility index (Phi) is 5.42. The van der Waals surface area contributed by atoms with Gasteiger partial charge in [-0.25, -0.2) is 9.29 Å². The maximum Gasteiger partial charge on any atom is 0.282 e. The van der Waals surface area contributed by atoms with Gasteiger partial charge in [-0.2, -0.15) is 0 Å². The summed E-state index contributed by atoms with van der Waals surface area (Å²) in [6, 6.07) is 20.6. The lowest BCUT2D eigenvalue weighted by Gasteiger charge is -2.22. The van der Waals surface area contributed by atoms with E-state index in [1.165, 1.54) is 17.0 Å². The Bertz CT molecular complexity index is 1270. The zero-order valence-corrected chi connectivity index (χ0v) is 18.3. The van der Waals surface area contributed by atoms with Gasteiger partial charge in [-0.05, 0) is 54.3 Å². The molecule has 0 unspecified atom stereocenters. The van der Waals surface area contributed by atoms with E-state index in [1.54, 1.807) is 30.3 Å². The molecule has 3 aromatic rings. The second-order valence-corrected chi connectivity index (χ2v) is 8.02. The molecule has 33 heavy (non-hydrogen) atoms. The van der Waals surface area contributed by atoms with Crippen LogP contribution in [0, 0.1) is 5.82 Å². The molecule has 2 heterocycles. The summed E-state index contributed by atoms with van der Waals surface area (Å²) in [5.41, 5.74) is 3.51. The Labute approximate surface area is 191 Å². The van der Waals surface area contributed by atoms with Crippen molar-refractivity contribution in [3.63, 3.8) is 0 Å². The molecular formula is C27H23FN2O3. The first-order valence-corrected chi connectivity index (χ1v) is 11.1. The number of nitrogens with zero attached hydrogens (tertiary/aromatic N) is 2. The number of fused-ring (bicyclic) bond motifs is 1. The number of carbonyl (C=O) groups is 2. The number of hydrogen-bond donors (Lipinski definition) is 0. The van der Waals surface area contributed by atoms with Crippen molar-refractivity contribution >= 4 is 28.8 Å². The van der Waals surface area contributed by atoms with E-state index >= 15 is 0 Å².